The van der Waals surface area contributed by atoms with Crippen molar-refractivity contribution in [3.63, 3.8) is 0 Å². The SMILES string of the molecule is C=CCSCCNC(=NC)N1CCC(COCc2ccccc2)C1.I. The molecule has 1 saturated heterocycles. The van der Waals surface area contributed by atoms with Crippen molar-refractivity contribution in [2.75, 3.05) is 44.8 Å². The van der Waals surface area contributed by atoms with E-state index >= 15 is 0 Å². The Hall–Kier alpha value is -0.730. The van der Waals surface area contributed by atoms with E-state index in [1.165, 1.54) is 12.0 Å². The predicted molar refractivity (Wildman–Crippen MR) is 120 cm³/mol. The standard InChI is InChI=1S/C19H29N3OS.HI/c1-3-12-24-13-10-21-19(20-2)22-11-9-18(14-22)16-23-15-17-7-5-4-6-8-17;/h3-8,18H,1,9-16H2,2H3,(H,20,21);1H. The number of hydrogen-bond acceptors (Lipinski definition) is 3. The Morgan fingerprint density at radius 2 is 2.24 bits per heavy atom. The monoisotopic (exact) mass is 475 g/mol. The van der Waals surface area contributed by atoms with Gasteiger partial charge >= 0.3 is 0 Å². The molecule has 1 aromatic carbocycles. The number of thioether (sulfide) groups is 1. The van der Waals surface area contributed by atoms with Crippen LogP contribution in [0.3, 0.4) is 0 Å². The van der Waals surface area contributed by atoms with Crippen LogP contribution >= 0.6 is 35.7 Å². The summed E-state index contributed by atoms with van der Waals surface area (Å²) in [5.74, 6) is 3.68. The molecule has 0 amide bonds. The van der Waals surface area contributed by atoms with Gasteiger partial charge in [0, 0.05) is 44.1 Å². The van der Waals surface area contributed by atoms with Crippen LogP contribution in [0.25, 0.3) is 0 Å². The lowest BCUT2D eigenvalue weighted by Gasteiger charge is -2.21. The van der Waals surface area contributed by atoms with E-state index in [0.29, 0.717) is 12.5 Å². The molecule has 0 radical (unpaired) electrons. The van der Waals surface area contributed by atoms with Crippen LogP contribution in [0.15, 0.2) is 48.0 Å². The van der Waals surface area contributed by atoms with Gasteiger partial charge in [-0.25, -0.2) is 0 Å². The van der Waals surface area contributed by atoms with Gasteiger partial charge in [-0.15, -0.1) is 30.6 Å². The topological polar surface area (TPSA) is 36.9 Å². The Morgan fingerprint density at radius 1 is 1.44 bits per heavy atom. The minimum Gasteiger partial charge on any atom is -0.376 e. The van der Waals surface area contributed by atoms with Gasteiger partial charge in [-0.05, 0) is 12.0 Å². The van der Waals surface area contributed by atoms with Crippen molar-refractivity contribution in [2.45, 2.75) is 13.0 Å². The van der Waals surface area contributed by atoms with Crippen molar-refractivity contribution in [3.05, 3.63) is 48.6 Å². The first kappa shape index (κ1) is 22.3. The summed E-state index contributed by atoms with van der Waals surface area (Å²) < 4.78 is 5.89. The average molecular weight is 475 g/mol. The number of guanidine groups is 1. The highest BCUT2D eigenvalue weighted by Gasteiger charge is 2.24. The zero-order valence-electron chi connectivity index (χ0n) is 15.0. The first-order valence-corrected chi connectivity index (χ1v) is 9.75. The third-order valence-electron chi connectivity index (χ3n) is 4.03. The van der Waals surface area contributed by atoms with Gasteiger partial charge < -0.3 is 15.0 Å². The number of ether oxygens (including phenoxy) is 1. The van der Waals surface area contributed by atoms with E-state index in [0.717, 1.165) is 43.7 Å². The lowest BCUT2D eigenvalue weighted by atomic mass is 10.1. The van der Waals surface area contributed by atoms with Crippen molar-refractivity contribution in [1.82, 2.24) is 10.2 Å². The van der Waals surface area contributed by atoms with E-state index in [4.69, 9.17) is 4.74 Å². The summed E-state index contributed by atoms with van der Waals surface area (Å²) in [6, 6.07) is 10.4. The third-order valence-corrected chi connectivity index (χ3v) is 4.99. The predicted octanol–water partition coefficient (Wildman–Crippen LogP) is 3.64. The van der Waals surface area contributed by atoms with Gasteiger partial charge in [0.1, 0.15) is 0 Å². The number of likely N-dealkylation sites (tertiary alicyclic amines) is 1. The number of benzene rings is 1. The van der Waals surface area contributed by atoms with E-state index in [1.807, 2.05) is 31.0 Å². The second kappa shape index (κ2) is 13.5. The molecule has 25 heavy (non-hydrogen) atoms. The summed E-state index contributed by atoms with van der Waals surface area (Å²) in [5, 5.41) is 3.45. The quantitative estimate of drug-likeness (QED) is 0.195. The molecule has 1 atom stereocenters. The molecule has 4 nitrogen and oxygen atoms in total. The normalized spacial score (nSPS) is 17.2. The number of aliphatic imine (C=N–C) groups is 1. The van der Waals surface area contributed by atoms with Gasteiger partial charge in [0.05, 0.1) is 13.2 Å². The molecular formula is C19H30IN3OS. The summed E-state index contributed by atoms with van der Waals surface area (Å²) in [5.41, 5.74) is 1.24. The summed E-state index contributed by atoms with van der Waals surface area (Å²) in [6.07, 6.45) is 3.11. The Bertz CT molecular complexity index is 513. The largest absolute Gasteiger partial charge is 0.376 e. The Kier molecular flexibility index (Phi) is 12.0. The molecule has 1 aliphatic rings. The smallest absolute Gasteiger partial charge is 0.193 e. The van der Waals surface area contributed by atoms with Gasteiger partial charge in [0.15, 0.2) is 5.96 Å². The fourth-order valence-electron chi connectivity index (χ4n) is 2.81. The maximum absolute atomic E-state index is 5.89. The Morgan fingerprint density at radius 3 is 2.96 bits per heavy atom. The number of halogens is 1. The van der Waals surface area contributed by atoms with E-state index < -0.39 is 0 Å². The molecule has 2 rings (SSSR count). The van der Waals surface area contributed by atoms with Gasteiger partial charge in [0.25, 0.3) is 0 Å². The summed E-state index contributed by atoms with van der Waals surface area (Å²) in [7, 11) is 1.86. The summed E-state index contributed by atoms with van der Waals surface area (Å²) in [4.78, 5) is 6.75. The zero-order valence-corrected chi connectivity index (χ0v) is 18.2. The van der Waals surface area contributed by atoms with Crippen molar-refractivity contribution >= 4 is 41.7 Å². The molecule has 0 saturated carbocycles. The fraction of sp³-hybridized carbons (Fsp3) is 0.526. The van der Waals surface area contributed by atoms with Gasteiger partial charge in [-0.2, -0.15) is 11.8 Å². The highest BCUT2D eigenvalue weighted by molar-refractivity contribution is 14.0. The number of nitrogens with one attached hydrogen (secondary N) is 1. The molecule has 0 spiro atoms. The average Bonchev–Trinajstić information content (AvgIpc) is 3.08. The molecule has 1 N–H and O–H groups in total. The maximum Gasteiger partial charge on any atom is 0.193 e. The van der Waals surface area contributed by atoms with Crippen molar-refractivity contribution < 1.29 is 4.74 Å². The van der Waals surface area contributed by atoms with Gasteiger partial charge in [0.2, 0.25) is 0 Å². The lowest BCUT2D eigenvalue weighted by Crippen LogP contribution is -2.41. The molecule has 0 aliphatic carbocycles. The van der Waals surface area contributed by atoms with Crippen molar-refractivity contribution in [1.29, 1.82) is 0 Å². The summed E-state index contributed by atoms with van der Waals surface area (Å²) in [6.45, 7) is 8.27. The van der Waals surface area contributed by atoms with E-state index in [9.17, 15) is 0 Å². The first-order chi connectivity index (χ1) is 11.8. The van der Waals surface area contributed by atoms with Crippen LogP contribution in [0.5, 0.6) is 0 Å². The molecule has 140 valence electrons. The van der Waals surface area contributed by atoms with Crippen LogP contribution < -0.4 is 5.32 Å². The first-order valence-electron chi connectivity index (χ1n) is 8.59. The van der Waals surface area contributed by atoms with Crippen LogP contribution in [0.1, 0.15) is 12.0 Å². The molecule has 6 heteroatoms. The molecule has 1 heterocycles. The van der Waals surface area contributed by atoms with Crippen molar-refractivity contribution in [3.8, 4) is 0 Å². The van der Waals surface area contributed by atoms with Crippen LogP contribution in [0, 0.1) is 5.92 Å². The molecule has 1 unspecified atom stereocenters. The van der Waals surface area contributed by atoms with Crippen LogP contribution in [-0.4, -0.2) is 55.7 Å². The molecule has 1 fully saturated rings. The maximum atomic E-state index is 5.89. The zero-order chi connectivity index (χ0) is 17.0. The number of rotatable bonds is 9. The third kappa shape index (κ3) is 8.46. The minimum atomic E-state index is 0. The Balaban J connectivity index is 0.00000312. The van der Waals surface area contributed by atoms with E-state index in [2.05, 4.69) is 46.1 Å². The minimum absolute atomic E-state index is 0. The molecule has 0 bridgehead atoms. The van der Waals surface area contributed by atoms with Crippen LogP contribution in [0.4, 0.5) is 0 Å². The molecule has 0 aromatic heterocycles. The lowest BCUT2D eigenvalue weighted by molar-refractivity contribution is 0.0907. The summed E-state index contributed by atoms with van der Waals surface area (Å²) >= 11 is 1.88. The van der Waals surface area contributed by atoms with Crippen molar-refractivity contribution in [2.24, 2.45) is 10.9 Å². The van der Waals surface area contributed by atoms with E-state index in [1.54, 1.807) is 0 Å². The molecule has 1 aromatic rings. The number of hydrogen-bond donors (Lipinski definition) is 1. The highest BCUT2D eigenvalue weighted by atomic mass is 127. The van der Waals surface area contributed by atoms with Gasteiger partial charge in [-0.1, -0.05) is 36.4 Å². The number of nitrogens with zero attached hydrogens (tertiary/aromatic N) is 2. The molecular weight excluding hydrogens is 445 g/mol. The second-order valence-electron chi connectivity index (χ2n) is 5.94. The second-order valence-corrected chi connectivity index (χ2v) is 7.09. The fourth-order valence-corrected chi connectivity index (χ4v) is 3.39. The molecule has 1 aliphatic heterocycles. The van der Waals surface area contributed by atoms with Crippen LogP contribution in [-0.2, 0) is 11.3 Å². The Labute approximate surface area is 173 Å². The highest BCUT2D eigenvalue weighted by Crippen LogP contribution is 2.17. The van der Waals surface area contributed by atoms with Crippen LogP contribution in [0.2, 0.25) is 0 Å². The van der Waals surface area contributed by atoms with E-state index in [-0.39, 0.29) is 24.0 Å². The van der Waals surface area contributed by atoms with Gasteiger partial charge in [-0.3, -0.25) is 4.99 Å².